The van der Waals surface area contributed by atoms with Gasteiger partial charge in [-0.3, -0.25) is 9.36 Å². The maximum absolute atomic E-state index is 11.9. The lowest BCUT2D eigenvalue weighted by atomic mass is 10.3. The van der Waals surface area contributed by atoms with Gasteiger partial charge in [0, 0.05) is 13.0 Å². The summed E-state index contributed by atoms with van der Waals surface area (Å²) in [6, 6.07) is 0. The fraction of sp³-hybridized carbons (Fsp3) is 0.500. The van der Waals surface area contributed by atoms with Gasteiger partial charge < -0.3 is 0 Å². The van der Waals surface area contributed by atoms with E-state index in [1.807, 2.05) is 0 Å². The molecule has 0 atom stereocenters. The zero-order valence-electron chi connectivity index (χ0n) is 7.89. The molecule has 0 bridgehead atoms. The van der Waals surface area contributed by atoms with Crippen molar-refractivity contribution < 1.29 is 13.2 Å². The van der Waals surface area contributed by atoms with E-state index in [9.17, 15) is 18.0 Å². The first-order chi connectivity index (χ1) is 7.31. The minimum Gasteiger partial charge on any atom is -0.298 e. The normalized spacial score (nSPS) is 11.8. The van der Waals surface area contributed by atoms with E-state index >= 15 is 0 Å². The standard InChI is InChI=1S/C8H7ClF3IN2O/c9-6-5(13)7(16)15(4-14-6)3-1-2-8(10,11)12/h4H,1-3H2. The average molecular weight is 367 g/mol. The Kier molecular flexibility index (Phi) is 4.60. The number of hydrogen-bond donors (Lipinski definition) is 0. The van der Waals surface area contributed by atoms with E-state index in [0.717, 1.165) is 10.9 Å². The van der Waals surface area contributed by atoms with Crippen LogP contribution in [0.2, 0.25) is 5.15 Å². The third-order valence-corrected chi connectivity index (χ3v) is 3.38. The molecule has 0 aliphatic heterocycles. The zero-order valence-corrected chi connectivity index (χ0v) is 10.8. The predicted octanol–water partition coefficient (Wildman–Crippen LogP) is 2.84. The van der Waals surface area contributed by atoms with Gasteiger partial charge in [-0.25, -0.2) is 4.98 Å². The maximum Gasteiger partial charge on any atom is 0.389 e. The van der Waals surface area contributed by atoms with Gasteiger partial charge in [0.2, 0.25) is 0 Å². The molecule has 0 saturated heterocycles. The van der Waals surface area contributed by atoms with Crippen LogP contribution in [0.4, 0.5) is 13.2 Å². The fourth-order valence-electron chi connectivity index (χ4n) is 1.05. The van der Waals surface area contributed by atoms with E-state index in [1.54, 1.807) is 22.6 Å². The molecule has 3 nitrogen and oxygen atoms in total. The Morgan fingerprint density at radius 1 is 1.50 bits per heavy atom. The van der Waals surface area contributed by atoms with Gasteiger partial charge in [0.15, 0.2) is 0 Å². The van der Waals surface area contributed by atoms with Crippen molar-refractivity contribution in [1.82, 2.24) is 9.55 Å². The highest BCUT2D eigenvalue weighted by Gasteiger charge is 2.26. The van der Waals surface area contributed by atoms with E-state index in [0.29, 0.717) is 0 Å². The molecule has 0 aliphatic carbocycles. The van der Waals surface area contributed by atoms with Crippen LogP contribution in [0.25, 0.3) is 0 Å². The van der Waals surface area contributed by atoms with Gasteiger partial charge in [-0.15, -0.1) is 0 Å². The quantitative estimate of drug-likeness (QED) is 0.609. The Balaban J connectivity index is 2.69. The molecule has 8 heteroatoms. The van der Waals surface area contributed by atoms with Crippen molar-refractivity contribution in [3.63, 3.8) is 0 Å². The van der Waals surface area contributed by atoms with Crippen molar-refractivity contribution in [2.45, 2.75) is 25.6 Å². The maximum atomic E-state index is 11.9. The summed E-state index contributed by atoms with van der Waals surface area (Å²) in [4.78, 5) is 15.2. The molecule has 0 aromatic carbocycles. The first-order valence-electron chi connectivity index (χ1n) is 4.28. The number of halogens is 5. The third-order valence-electron chi connectivity index (χ3n) is 1.80. The largest absolute Gasteiger partial charge is 0.389 e. The molecule has 0 N–H and O–H groups in total. The van der Waals surface area contributed by atoms with Crippen LogP contribution >= 0.6 is 34.2 Å². The van der Waals surface area contributed by atoms with Gasteiger partial charge in [-0.1, -0.05) is 11.6 Å². The number of rotatable bonds is 3. The van der Waals surface area contributed by atoms with Crippen molar-refractivity contribution in [3.05, 3.63) is 25.4 Å². The second-order valence-corrected chi connectivity index (χ2v) is 4.50. The molecule has 0 radical (unpaired) electrons. The summed E-state index contributed by atoms with van der Waals surface area (Å²) in [5, 5.41) is 0.0673. The molecule has 16 heavy (non-hydrogen) atoms. The summed E-state index contributed by atoms with van der Waals surface area (Å²) in [5.41, 5.74) is -0.414. The first kappa shape index (κ1) is 13.8. The van der Waals surface area contributed by atoms with Crippen LogP contribution in [0.3, 0.4) is 0 Å². The zero-order chi connectivity index (χ0) is 12.3. The third kappa shape index (κ3) is 3.93. The minimum atomic E-state index is -4.20. The Hall–Kier alpha value is -0.310. The van der Waals surface area contributed by atoms with E-state index in [-0.39, 0.29) is 21.7 Å². The molecule has 1 rings (SSSR count). The van der Waals surface area contributed by atoms with Crippen molar-refractivity contribution in [1.29, 1.82) is 0 Å². The van der Waals surface area contributed by atoms with Crippen molar-refractivity contribution in [2.24, 2.45) is 0 Å². The number of aryl methyl sites for hydroxylation is 1. The van der Waals surface area contributed by atoms with E-state index in [4.69, 9.17) is 11.6 Å². The van der Waals surface area contributed by atoms with Gasteiger partial charge >= 0.3 is 6.18 Å². The Labute approximate surface area is 108 Å². The van der Waals surface area contributed by atoms with Crippen LogP contribution in [0, 0.1) is 3.57 Å². The second-order valence-electron chi connectivity index (χ2n) is 3.07. The molecule has 0 saturated carbocycles. The van der Waals surface area contributed by atoms with Gasteiger partial charge in [0.25, 0.3) is 5.56 Å². The summed E-state index contributed by atoms with van der Waals surface area (Å²) < 4.78 is 37.0. The van der Waals surface area contributed by atoms with Crippen LogP contribution in [-0.4, -0.2) is 15.7 Å². The Morgan fingerprint density at radius 2 is 2.12 bits per heavy atom. The molecule has 0 unspecified atom stereocenters. The van der Waals surface area contributed by atoms with Crippen LogP contribution < -0.4 is 5.56 Å². The Morgan fingerprint density at radius 3 is 2.69 bits per heavy atom. The van der Waals surface area contributed by atoms with Crippen LogP contribution in [0.5, 0.6) is 0 Å². The van der Waals surface area contributed by atoms with E-state index in [1.165, 1.54) is 0 Å². The lowest BCUT2D eigenvalue weighted by Crippen LogP contribution is -2.24. The summed E-state index contributed by atoms with van der Waals surface area (Å²) in [5.74, 6) is 0. The number of aromatic nitrogens is 2. The topological polar surface area (TPSA) is 34.9 Å². The summed E-state index contributed by atoms with van der Waals surface area (Å²) in [6.07, 6.45) is -4.11. The van der Waals surface area contributed by atoms with Gasteiger partial charge in [0.1, 0.15) is 8.72 Å². The minimum absolute atomic E-state index is 0.0154. The summed E-state index contributed by atoms with van der Waals surface area (Å²) in [6.45, 7) is -0.0154. The SMILES string of the molecule is O=c1c(I)c(Cl)ncn1CCCC(F)(F)F. The summed E-state index contributed by atoms with van der Waals surface area (Å²) >= 11 is 7.29. The van der Waals surface area contributed by atoms with Crippen molar-refractivity contribution >= 4 is 34.2 Å². The lowest BCUT2D eigenvalue weighted by molar-refractivity contribution is -0.135. The molecule has 0 aliphatic rings. The lowest BCUT2D eigenvalue weighted by Gasteiger charge is -2.08. The van der Waals surface area contributed by atoms with E-state index < -0.39 is 18.2 Å². The smallest absolute Gasteiger partial charge is 0.298 e. The molecule has 0 fully saturated rings. The van der Waals surface area contributed by atoms with Crippen molar-refractivity contribution in [2.75, 3.05) is 0 Å². The van der Waals surface area contributed by atoms with Crippen LogP contribution in [0.1, 0.15) is 12.8 Å². The molecule has 90 valence electrons. The van der Waals surface area contributed by atoms with Crippen LogP contribution in [-0.2, 0) is 6.54 Å². The molecule has 0 spiro atoms. The van der Waals surface area contributed by atoms with E-state index in [2.05, 4.69) is 4.98 Å². The van der Waals surface area contributed by atoms with Crippen LogP contribution in [0.15, 0.2) is 11.1 Å². The monoisotopic (exact) mass is 366 g/mol. The number of hydrogen-bond acceptors (Lipinski definition) is 2. The Bertz CT molecular complexity index is 432. The molecule has 1 aromatic heterocycles. The highest BCUT2D eigenvalue weighted by atomic mass is 127. The molecular formula is C8H7ClF3IN2O. The van der Waals surface area contributed by atoms with Gasteiger partial charge in [-0.05, 0) is 29.0 Å². The summed E-state index contributed by atoms with van der Waals surface area (Å²) in [7, 11) is 0. The molecular weight excluding hydrogens is 359 g/mol. The highest BCUT2D eigenvalue weighted by molar-refractivity contribution is 14.1. The highest BCUT2D eigenvalue weighted by Crippen LogP contribution is 2.21. The molecule has 0 amide bonds. The van der Waals surface area contributed by atoms with Crippen molar-refractivity contribution in [3.8, 4) is 0 Å². The van der Waals surface area contributed by atoms with Gasteiger partial charge in [-0.2, -0.15) is 13.2 Å². The number of alkyl halides is 3. The molecule has 1 heterocycles. The number of nitrogens with zero attached hydrogens (tertiary/aromatic N) is 2. The second kappa shape index (κ2) is 5.35. The fourth-order valence-corrected chi connectivity index (χ4v) is 1.63. The average Bonchev–Trinajstić information content (AvgIpc) is 2.16. The van der Waals surface area contributed by atoms with Gasteiger partial charge in [0.05, 0.1) is 6.33 Å². The first-order valence-corrected chi connectivity index (χ1v) is 5.74. The predicted molar refractivity (Wildman–Crippen MR) is 61.5 cm³/mol. The molecule has 1 aromatic rings.